The van der Waals surface area contributed by atoms with Gasteiger partial charge in [0.1, 0.15) is 6.10 Å². The van der Waals surface area contributed by atoms with Crippen molar-refractivity contribution in [3.8, 4) is 12.3 Å². The van der Waals surface area contributed by atoms with Crippen molar-refractivity contribution in [1.29, 1.82) is 0 Å². The van der Waals surface area contributed by atoms with Crippen LogP contribution in [-0.4, -0.2) is 18.4 Å². The first-order valence-corrected chi connectivity index (χ1v) is 5.82. The fourth-order valence-corrected chi connectivity index (χ4v) is 1.72. The van der Waals surface area contributed by atoms with Crippen LogP contribution < -0.4 is 11.1 Å². The number of terminal acetylenes is 1. The van der Waals surface area contributed by atoms with Crippen LogP contribution in [0.15, 0.2) is 18.2 Å². The van der Waals surface area contributed by atoms with Crippen molar-refractivity contribution in [2.45, 2.75) is 19.4 Å². The number of halogens is 2. The van der Waals surface area contributed by atoms with E-state index in [1.165, 1.54) is 18.2 Å². The van der Waals surface area contributed by atoms with E-state index in [-0.39, 0.29) is 0 Å². The summed E-state index contributed by atoms with van der Waals surface area (Å²) in [6, 6.07) is 4.47. The highest BCUT2D eigenvalue weighted by molar-refractivity contribution is 6.35. The molecule has 0 spiro atoms. The van der Waals surface area contributed by atoms with E-state index in [4.69, 9.17) is 40.1 Å². The number of amides is 1. The number of carbonyl (C=O) groups is 1. The maximum absolute atomic E-state index is 11.8. The van der Waals surface area contributed by atoms with Gasteiger partial charge in [0.15, 0.2) is 6.35 Å². The van der Waals surface area contributed by atoms with Crippen molar-refractivity contribution >= 4 is 29.1 Å². The molecule has 96 valence electrons. The average Bonchev–Trinajstić information content (AvgIpc) is 2.27. The van der Waals surface area contributed by atoms with Crippen LogP contribution in [0, 0.1) is 12.3 Å². The van der Waals surface area contributed by atoms with Crippen LogP contribution in [-0.2, 0) is 4.74 Å². The van der Waals surface area contributed by atoms with E-state index in [0.29, 0.717) is 15.6 Å². The maximum atomic E-state index is 11.8. The van der Waals surface area contributed by atoms with E-state index in [1.807, 2.05) is 0 Å². The Labute approximate surface area is 115 Å². The molecule has 1 aromatic carbocycles. The second-order valence-corrected chi connectivity index (χ2v) is 4.37. The summed E-state index contributed by atoms with van der Waals surface area (Å²) >= 11 is 11.6. The zero-order valence-electron chi connectivity index (χ0n) is 9.61. The van der Waals surface area contributed by atoms with E-state index in [0.717, 1.165) is 0 Å². The van der Waals surface area contributed by atoms with E-state index >= 15 is 0 Å². The van der Waals surface area contributed by atoms with E-state index in [2.05, 4.69) is 11.2 Å². The molecule has 2 atom stereocenters. The fourth-order valence-electron chi connectivity index (χ4n) is 1.19. The normalized spacial score (nSPS) is 13.5. The molecule has 4 nitrogen and oxygen atoms in total. The molecule has 18 heavy (non-hydrogen) atoms. The SMILES string of the molecule is C#CC(C)OC(N)NC(=O)c1cc(Cl)cc(Cl)c1. The first-order chi connectivity index (χ1) is 8.42. The van der Waals surface area contributed by atoms with E-state index in [9.17, 15) is 4.79 Å². The van der Waals surface area contributed by atoms with Gasteiger partial charge in [-0.1, -0.05) is 29.1 Å². The number of hydrogen-bond donors (Lipinski definition) is 2. The van der Waals surface area contributed by atoms with Crippen LogP contribution in [0.5, 0.6) is 0 Å². The van der Waals surface area contributed by atoms with Crippen molar-refractivity contribution in [2.75, 3.05) is 0 Å². The minimum absolute atomic E-state index is 0.292. The third-order valence-electron chi connectivity index (χ3n) is 1.98. The van der Waals surface area contributed by atoms with Crippen LogP contribution in [0.25, 0.3) is 0 Å². The molecule has 2 unspecified atom stereocenters. The Morgan fingerprint density at radius 3 is 2.50 bits per heavy atom. The highest BCUT2D eigenvalue weighted by Gasteiger charge is 2.13. The largest absolute Gasteiger partial charge is 0.329 e. The predicted molar refractivity (Wildman–Crippen MR) is 71.3 cm³/mol. The summed E-state index contributed by atoms with van der Waals surface area (Å²) in [7, 11) is 0. The number of nitrogens with two attached hydrogens (primary N) is 1. The van der Waals surface area contributed by atoms with Crippen molar-refractivity contribution in [2.24, 2.45) is 5.73 Å². The summed E-state index contributed by atoms with van der Waals surface area (Å²) in [6.45, 7) is 1.64. The van der Waals surface area contributed by atoms with Crippen LogP contribution in [0.2, 0.25) is 10.0 Å². The molecule has 0 bridgehead atoms. The Hall–Kier alpha value is -1.25. The number of rotatable bonds is 4. The Morgan fingerprint density at radius 2 is 2.00 bits per heavy atom. The summed E-state index contributed by atoms with van der Waals surface area (Å²) in [6.07, 6.45) is 3.63. The molecule has 0 fully saturated rings. The molecule has 0 heterocycles. The Bertz CT molecular complexity index is 465. The number of nitrogens with one attached hydrogen (secondary N) is 1. The lowest BCUT2D eigenvalue weighted by Crippen LogP contribution is -2.45. The molecular formula is C12H12Cl2N2O2. The van der Waals surface area contributed by atoms with E-state index in [1.54, 1.807) is 6.92 Å². The number of carbonyl (C=O) groups excluding carboxylic acids is 1. The molecule has 3 N–H and O–H groups in total. The number of hydrogen-bond acceptors (Lipinski definition) is 3. The smallest absolute Gasteiger partial charge is 0.254 e. The molecule has 0 aromatic heterocycles. The fraction of sp³-hybridized carbons (Fsp3) is 0.250. The summed E-state index contributed by atoms with van der Waals surface area (Å²) in [5, 5.41) is 3.14. The molecule has 0 aliphatic carbocycles. The van der Waals surface area contributed by atoms with Gasteiger partial charge in [0.25, 0.3) is 5.91 Å². The predicted octanol–water partition coefficient (Wildman–Crippen LogP) is 2.00. The van der Waals surface area contributed by atoms with Gasteiger partial charge in [-0.25, -0.2) is 0 Å². The van der Waals surface area contributed by atoms with E-state index < -0.39 is 18.4 Å². The lowest BCUT2D eigenvalue weighted by Gasteiger charge is -2.16. The number of benzene rings is 1. The zero-order valence-corrected chi connectivity index (χ0v) is 11.1. The first-order valence-electron chi connectivity index (χ1n) is 5.06. The summed E-state index contributed by atoms with van der Waals surface area (Å²) in [5.41, 5.74) is 5.84. The Balaban J connectivity index is 2.68. The van der Waals surface area contributed by atoms with Gasteiger partial charge in [-0.2, -0.15) is 0 Å². The molecule has 1 amide bonds. The highest BCUT2D eigenvalue weighted by Crippen LogP contribution is 2.18. The molecule has 0 aliphatic heterocycles. The van der Waals surface area contributed by atoms with Gasteiger partial charge < -0.3 is 10.1 Å². The summed E-state index contributed by atoms with van der Waals surface area (Å²) in [4.78, 5) is 11.8. The molecule has 0 radical (unpaired) electrons. The van der Waals surface area contributed by atoms with Gasteiger partial charge in [0.2, 0.25) is 0 Å². The summed E-state index contributed by atoms with van der Waals surface area (Å²) < 4.78 is 5.10. The minimum atomic E-state index is -0.999. The highest BCUT2D eigenvalue weighted by atomic mass is 35.5. The number of ether oxygens (including phenoxy) is 1. The van der Waals surface area contributed by atoms with Crippen molar-refractivity contribution in [3.05, 3.63) is 33.8 Å². The molecular weight excluding hydrogens is 275 g/mol. The molecule has 1 aromatic rings. The monoisotopic (exact) mass is 286 g/mol. The quantitative estimate of drug-likeness (QED) is 0.657. The molecule has 0 saturated heterocycles. The van der Waals surface area contributed by atoms with Gasteiger partial charge in [-0.3, -0.25) is 10.5 Å². The maximum Gasteiger partial charge on any atom is 0.254 e. The lowest BCUT2D eigenvalue weighted by atomic mass is 10.2. The molecule has 0 saturated carbocycles. The van der Waals surface area contributed by atoms with Crippen LogP contribution >= 0.6 is 23.2 Å². The van der Waals surface area contributed by atoms with Gasteiger partial charge in [0.05, 0.1) is 0 Å². The second-order valence-electron chi connectivity index (χ2n) is 3.50. The average molecular weight is 287 g/mol. The molecule has 6 heteroatoms. The molecule has 1 rings (SSSR count). The third-order valence-corrected chi connectivity index (χ3v) is 2.42. The first kappa shape index (κ1) is 14.8. The Kier molecular flexibility index (Phi) is 5.45. The van der Waals surface area contributed by atoms with Gasteiger partial charge >= 0.3 is 0 Å². The zero-order chi connectivity index (χ0) is 13.7. The summed E-state index contributed by atoms with van der Waals surface area (Å²) in [5.74, 6) is 1.88. The van der Waals surface area contributed by atoms with Crippen molar-refractivity contribution in [3.63, 3.8) is 0 Å². The van der Waals surface area contributed by atoms with Crippen LogP contribution in [0.3, 0.4) is 0 Å². The minimum Gasteiger partial charge on any atom is -0.329 e. The van der Waals surface area contributed by atoms with Gasteiger partial charge in [-0.15, -0.1) is 6.42 Å². The van der Waals surface area contributed by atoms with Crippen LogP contribution in [0.1, 0.15) is 17.3 Å². The third kappa shape index (κ3) is 4.55. The Morgan fingerprint density at radius 1 is 1.44 bits per heavy atom. The molecule has 0 aliphatic rings. The van der Waals surface area contributed by atoms with Crippen molar-refractivity contribution in [1.82, 2.24) is 5.32 Å². The standard InChI is InChI=1S/C12H12Cl2N2O2/c1-3-7(2)18-12(15)16-11(17)8-4-9(13)6-10(14)5-8/h1,4-7,12H,15H2,2H3,(H,16,17). The van der Waals surface area contributed by atoms with Gasteiger partial charge in [-0.05, 0) is 25.1 Å². The lowest BCUT2D eigenvalue weighted by molar-refractivity contribution is 0.0113. The topological polar surface area (TPSA) is 64.3 Å². The van der Waals surface area contributed by atoms with Crippen molar-refractivity contribution < 1.29 is 9.53 Å². The van der Waals surface area contributed by atoms with Gasteiger partial charge in [0, 0.05) is 15.6 Å². The second kappa shape index (κ2) is 6.62. The van der Waals surface area contributed by atoms with Crippen LogP contribution in [0.4, 0.5) is 0 Å².